The molecule has 168 valence electrons. The fourth-order valence-corrected chi connectivity index (χ4v) is 2.67. The summed E-state index contributed by atoms with van der Waals surface area (Å²) >= 11 is 22.2. The normalized spacial score (nSPS) is 11.1. The van der Waals surface area contributed by atoms with Gasteiger partial charge in [0.15, 0.2) is 0 Å². The Morgan fingerprint density at radius 2 is 1.50 bits per heavy atom. The lowest BCUT2D eigenvalue weighted by atomic mass is 10.0. The molecule has 0 fully saturated rings. The number of ether oxygens (including phenoxy) is 3. The van der Waals surface area contributed by atoms with Gasteiger partial charge in [0.2, 0.25) is 0 Å². The van der Waals surface area contributed by atoms with E-state index in [1.54, 1.807) is 6.08 Å². The van der Waals surface area contributed by atoms with Gasteiger partial charge in [-0.05, 0) is 55.2 Å². The molecule has 0 N–H and O–H groups in total. The Hall–Kier alpha value is -1.11. The highest BCUT2D eigenvalue weighted by Crippen LogP contribution is 2.31. The topological polar surface area (TPSA) is 49.3 Å². The molecule has 0 unspecified atom stereocenters. The molecule has 0 aliphatic heterocycles. The van der Waals surface area contributed by atoms with E-state index in [2.05, 4.69) is 19.0 Å². The van der Waals surface area contributed by atoms with E-state index in [4.69, 9.17) is 65.5 Å². The highest BCUT2D eigenvalue weighted by atomic mass is 35.5. The van der Waals surface area contributed by atoms with Crippen LogP contribution in [0.5, 0.6) is 11.5 Å². The van der Waals surface area contributed by atoms with E-state index in [0.29, 0.717) is 32.1 Å². The summed E-state index contributed by atoms with van der Waals surface area (Å²) in [6.45, 7) is 7.65. The summed E-state index contributed by atoms with van der Waals surface area (Å²) in [5.74, 6) is 1.63. The molecule has 30 heavy (non-hydrogen) atoms. The van der Waals surface area contributed by atoms with Crippen LogP contribution in [0.1, 0.15) is 31.9 Å². The van der Waals surface area contributed by atoms with Gasteiger partial charge in [0.1, 0.15) is 40.3 Å². The van der Waals surface area contributed by atoms with E-state index >= 15 is 0 Å². The van der Waals surface area contributed by atoms with Gasteiger partial charge >= 0.3 is 0 Å². The van der Waals surface area contributed by atoms with Crippen LogP contribution in [0.3, 0.4) is 0 Å². The van der Waals surface area contributed by atoms with Crippen molar-refractivity contribution in [2.75, 3.05) is 33.0 Å². The predicted octanol–water partition coefficient (Wildman–Crippen LogP) is 6.62. The molecule has 0 radical (unpaired) electrons. The lowest BCUT2D eigenvalue weighted by molar-refractivity contribution is 0.121. The molecule has 0 bridgehead atoms. The minimum absolute atomic E-state index is 0.144. The zero-order valence-electron chi connectivity index (χ0n) is 17.4. The van der Waals surface area contributed by atoms with Gasteiger partial charge in [-0.2, -0.15) is 0 Å². The van der Waals surface area contributed by atoms with Crippen molar-refractivity contribution in [2.24, 2.45) is 5.16 Å². The predicted molar refractivity (Wildman–Crippen MR) is 126 cm³/mol. The molecule has 0 aliphatic carbocycles. The van der Waals surface area contributed by atoms with Gasteiger partial charge in [-0.1, -0.05) is 65.4 Å². The maximum absolute atomic E-state index is 6.01. The number of halogens is 4. The Balaban J connectivity index is 2.55. The molecule has 0 amide bonds. The second kappa shape index (κ2) is 15.7. The number of rotatable bonds is 14. The summed E-state index contributed by atoms with van der Waals surface area (Å²) < 4.78 is 17.6. The number of aryl methyl sites for hydroxylation is 2. The van der Waals surface area contributed by atoms with Crippen LogP contribution in [0.15, 0.2) is 38.4 Å². The first-order valence-electron chi connectivity index (χ1n) is 9.54. The molecule has 1 aromatic carbocycles. The minimum atomic E-state index is 0.144. The minimum Gasteiger partial charge on any atom is -0.491 e. The number of hydrogen-bond acceptors (Lipinski definition) is 5. The molecule has 0 saturated carbocycles. The number of oxime groups is 1. The van der Waals surface area contributed by atoms with E-state index in [0.717, 1.165) is 35.5 Å². The fraction of sp³-hybridized carbons (Fsp3) is 0.476. The maximum atomic E-state index is 6.01. The lowest BCUT2D eigenvalue weighted by Gasteiger charge is -2.17. The van der Waals surface area contributed by atoms with Gasteiger partial charge < -0.3 is 19.0 Å². The molecule has 9 heteroatoms. The third-order valence-corrected chi connectivity index (χ3v) is 4.40. The molecule has 1 aromatic rings. The third-order valence-electron chi connectivity index (χ3n) is 3.78. The monoisotopic (exact) mass is 497 g/mol. The first kappa shape index (κ1) is 26.9. The first-order valence-corrected chi connectivity index (χ1v) is 11.0. The number of benzene rings is 1. The van der Waals surface area contributed by atoms with Crippen LogP contribution in [0, 0.1) is 0 Å². The van der Waals surface area contributed by atoms with Crippen molar-refractivity contribution in [3.8, 4) is 11.5 Å². The van der Waals surface area contributed by atoms with E-state index in [-0.39, 0.29) is 15.6 Å². The van der Waals surface area contributed by atoms with E-state index in [9.17, 15) is 0 Å². The quantitative estimate of drug-likeness (QED) is 0.164. The Labute approximate surface area is 198 Å². The maximum Gasteiger partial charge on any atom is 0.138 e. The van der Waals surface area contributed by atoms with Gasteiger partial charge in [0.05, 0.1) is 18.9 Å². The van der Waals surface area contributed by atoms with Crippen molar-refractivity contribution >= 4 is 52.1 Å². The summed E-state index contributed by atoms with van der Waals surface area (Å²) in [4.78, 5) is 5.05. The van der Waals surface area contributed by atoms with Crippen molar-refractivity contribution in [3.05, 3.63) is 44.4 Å². The number of nitrogens with zero attached hydrogens (tertiary/aromatic N) is 1. The van der Waals surface area contributed by atoms with Crippen LogP contribution in [-0.2, 0) is 22.4 Å². The molecular weight excluding hydrogens is 472 g/mol. The number of hydrogen-bond donors (Lipinski definition) is 0. The van der Waals surface area contributed by atoms with E-state index in [1.807, 2.05) is 19.1 Å². The van der Waals surface area contributed by atoms with Crippen molar-refractivity contribution in [1.29, 1.82) is 0 Å². The van der Waals surface area contributed by atoms with Crippen LogP contribution in [0.2, 0.25) is 0 Å². The standard InChI is InChI=1S/C21H27Cl4NO4/c1-4-16-12-18(28-8-6-19(22)23)13-17(5-2)21(16)29-11-10-27-14-15(3)26-30-9-7-20(24)25/h6-7,12-13H,4-5,8-11,14H2,1-3H3. The second-order valence-electron chi connectivity index (χ2n) is 6.10. The Morgan fingerprint density at radius 1 is 0.900 bits per heavy atom. The van der Waals surface area contributed by atoms with Gasteiger partial charge in [0.25, 0.3) is 0 Å². The summed E-state index contributed by atoms with van der Waals surface area (Å²) in [6.07, 6.45) is 4.74. The van der Waals surface area contributed by atoms with Crippen LogP contribution < -0.4 is 9.47 Å². The Morgan fingerprint density at radius 3 is 2.07 bits per heavy atom. The van der Waals surface area contributed by atoms with Gasteiger partial charge in [0, 0.05) is 0 Å². The molecule has 5 nitrogen and oxygen atoms in total. The zero-order chi connectivity index (χ0) is 22.4. The fourth-order valence-electron chi connectivity index (χ4n) is 2.41. The highest BCUT2D eigenvalue weighted by molar-refractivity contribution is 6.56. The van der Waals surface area contributed by atoms with Crippen molar-refractivity contribution in [1.82, 2.24) is 0 Å². The lowest BCUT2D eigenvalue weighted by Crippen LogP contribution is -2.13. The molecule has 0 spiro atoms. The van der Waals surface area contributed by atoms with Crippen LogP contribution in [-0.4, -0.2) is 38.7 Å². The summed E-state index contributed by atoms with van der Waals surface area (Å²) in [5.41, 5.74) is 2.84. The Bertz CT molecular complexity index is 718. The summed E-state index contributed by atoms with van der Waals surface area (Å²) in [5, 5.41) is 3.91. The van der Waals surface area contributed by atoms with Gasteiger partial charge in [-0.3, -0.25) is 0 Å². The van der Waals surface area contributed by atoms with Crippen LogP contribution in [0.25, 0.3) is 0 Å². The zero-order valence-corrected chi connectivity index (χ0v) is 20.4. The molecule has 0 saturated heterocycles. The average Bonchev–Trinajstić information content (AvgIpc) is 2.70. The molecule has 0 heterocycles. The van der Waals surface area contributed by atoms with Crippen LogP contribution in [0.4, 0.5) is 0 Å². The summed E-state index contributed by atoms with van der Waals surface area (Å²) in [7, 11) is 0. The third kappa shape index (κ3) is 11.3. The first-order chi connectivity index (χ1) is 14.4. The van der Waals surface area contributed by atoms with Crippen molar-refractivity contribution in [3.63, 3.8) is 0 Å². The Kier molecular flexibility index (Phi) is 14.1. The van der Waals surface area contributed by atoms with E-state index in [1.165, 1.54) is 6.08 Å². The smallest absolute Gasteiger partial charge is 0.138 e. The average molecular weight is 499 g/mol. The molecule has 0 aliphatic rings. The van der Waals surface area contributed by atoms with Crippen LogP contribution >= 0.6 is 46.4 Å². The second-order valence-corrected chi connectivity index (χ2v) is 8.12. The van der Waals surface area contributed by atoms with Crippen molar-refractivity contribution in [2.45, 2.75) is 33.6 Å². The SMILES string of the molecule is CCc1cc(OCC=C(Cl)Cl)cc(CC)c1OCCOCC(C)=NOCC=C(Cl)Cl. The largest absolute Gasteiger partial charge is 0.491 e. The van der Waals surface area contributed by atoms with Gasteiger partial charge in [-0.25, -0.2) is 0 Å². The van der Waals surface area contributed by atoms with E-state index < -0.39 is 0 Å². The highest BCUT2D eigenvalue weighted by Gasteiger charge is 2.11. The molecule has 0 atom stereocenters. The molecular formula is C21H27Cl4NO4. The molecule has 0 aromatic heterocycles. The molecule has 1 rings (SSSR count). The summed E-state index contributed by atoms with van der Waals surface area (Å²) in [6, 6.07) is 3.95. The van der Waals surface area contributed by atoms with Gasteiger partial charge in [-0.15, -0.1) is 0 Å². The van der Waals surface area contributed by atoms with Crippen molar-refractivity contribution < 1.29 is 19.0 Å².